The fourth-order valence-electron chi connectivity index (χ4n) is 2.48. The number of fused-ring (bicyclic) bond motifs is 1. The molecule has 3 aromatic heterocycles. The molecule has 3 rings (SSSR count). The first-order chi connectivity index (χ1) is 10.5. The average Bonchev–Trinajstić information content (AvgIpc) is 3.07. The van der Waals surface area contributed by atoms with Crippen LogP contribution in [0.25, 0.3) is 9.40 Å². The number of carbonyl (C=O) groups is 1. The van der Waals surface area contributed by atoms with E-state index >= 15 is 0 Å². The number of hydrogen-bond acceptors (Lipinski definition) is 5. The second kappa shape index (κ2) is 5.83. The third-order valence-corrected chi connectivity index (χ3v) is 5.97. The van der Waals surface area contributed by atoms with Gasteiger partial charge in [0.05, 0.1) is 10.4 Å². The lowest BCUT2D eigenvalue weighted by atomic mass is 10.1. The minimum absolute atomic E-state index is 0.0589. The smallest absolute Gasteiger partial charge is 0.230 e. The number of amides is 1. The average molecular weight is 334 g/mol. The number of thiophene rings is 2. The van der Waals surface area contributed by atoms with Crippen molar-refractivity contribution in [1.82, 2.24) is 9.78 Å². The fourth-order valence-corrected chi connectivity index (χ4v) is 4.75. The van der Waals surface area contributed by atoms with E-state index in [9.17, 15) is 4.79 Å². The quantitative estimate of drug-likeness (QED) is 0.770. The Kier molecular flexibility index (Phi) is 4.03. The van der Waals surface area contributed by atoms with Gasteiger partial charge in [-0.2, -0.15) is 5.10 Å². The minimum atomic E-state index is -0.0589. The van der Waals surface area contributed by atoms with E-state index in [0.717, 1.165) is 16.8 Å². The second-order valence-electron chi connectivity index (χ2n) is 5.28. The summed E-state index contributed by atoms with van der Waals surface area (Å²) in [7, 11) is 1.85. The van der Waals surface area contributed by atoms with Gasteiger partial charge < -0.3 is 11.1 Å². The molecule has 3 heterocycles. The van der Waals surface area contributed by atoms with Crippen LogP contribution in [0, 0.1) is 13.8 Å². The molecule has 0 unspecified atom stereocenters. The van der Waals surface area contributed by atoms with Gasteiger partial charge in [-0.05, 0) is 30.9 Å². The summed E-state index contributed by atoms with van der Waals surface area (Å²) in [5.41, 5.74) is 8.69. The summed E-state index contributed by atoms with van der Waals surface area (Å²) >= 11 is 3.47. The van der Waals surface area contributed by atoms with Crippen LogP contribution in [-0.4, -0.2) is 15.7 Å². The maximum absolute atomic E-state index is 12.3. The van der Waals surface area contributed by atoms with Crippen LogP contribution in [0.5, 0.6) is 0 Å². The molecule has 0 aliphatic carbocycles. The molecular weight excluding hydrogens is 316 g/mol. The van der Waals surface area contributed by atoms with E-state index in [-0.39, 0.29) is 5.91 Å². The third-order valence-electron chi connectivity index (χ3n) is 3.75. The third kappa shape index (κ3) is 2.67. The van der Waals surface area contributed by atoms with E-state index in [1.165, 1.54) is 14.3 Å². The van der Waals surface area contributed by atoms with Gasteiger partial charge in [0.2, 0.25) is 5.91 Å². The first-order valence-electron chi connectivity index (χ1n) is 6.98. The highest BCUT2D eigenvalue weighted by Gasteiger charge is 2.16. The van der Waals surface area contributed by atoms with Gasteiger partial charge in [0.25, 0.3) is 0 Å². The highest BCUT2D eigenvalue weighted by atomic mass is 32.2. The number of hydrogen-bond donors (Lipinski definition) is 2. The van der Waals surface area contributed by atoms with E-state index in [2.05, 4.69) is 28.8 Å². The largest absolute Gasteiger partial charge is 0.326 e. The van der Waals surface area contributed by atoms with Crippen LogP contribution in [-0.2, 0) is 24.8 Å². The summed E-state index contributed by atoms with van der Waals surface area (Å²) in [6.45, 7) is 4.40. The highest BCUT2D eigenvalue weighted by Crippen LogP contribution is 2.33. The number of nitrogens with two attached hydrogens (primary N) is 1. The van der Waals surface area contributed by atoms with Crippen LogP contribution in [0.15, 0.2) is 11.4 Å². The molecule has 0 radical (unpaired) electrons. The van der Waals surface area contributed by atoms with Crippen molar-refractivity contribution in [3.63, 3.8) is 0 Å². The summed E-state index contributed by atoms with van der Waals surface area (Å²) in [5, 5.41) is 10.5. The molecule has 0 fully saturated rings. The summed E-state index contributed by atoms with van der Waals surface area (Å²) in [5.74, 6) is 0.511. The number of rotatable bonds is 4. The van der Waals surface area contributed by atoms with Gasteiger partial charge >= 0.3 is 0 Å². The fraction of sp³-hybridized carbons (Fsp3) is 0.333. The lowest BCUT2D eigenvalue weighted by Gasteiger charge is -2.03. The SMILES string of the molecule is Cc1cc2c(CC(=O)Nc3nn(C)c(C)c3CN)csc2s1. The molecule has 1 amide bonds. The maximum atomic E-state index is 12.3. The zero-order chi connectivity index (χ0) is 15.9. The van der Waals surface area contributed by atoms with Crippen molar-refractivity contribution in [2.24, 2.45) is 12.8 Å². The minimum Gasteiger partial charge on any atom is -0.326 e. The van der Waals surface area contributed by atoms with E-state index in [1.807, 2.05) is 14.0 Å². The molecule has 3 N–H and O–H groups in total. The van der Waals surface area contributed by atoms with Gasteiger partial charge in [0.1, 0.15) is 0 Å². The molecule has 7 heteroatoms. The maximum Gasteiger partial charge on any atom is 0.230 e. The normalized spacial score (nSPS) is 11.3. The van der Waals surface area contributed by atoms with E-state index < -0.39 is 0 Å². The second-order valence-corrected chi connectivity index (χ2v) is 7.68. The summed E-state index contributed by atoms with van der Waals surface area (Å²) in [4.78, 5) is 13.6. The Morgan fingerprint density at radius 2 is 2.23 bits per heavy atom. The topological polar surface area (TPSA) is 72.9 Å². The van der Waals surface area contributed by atoms with Gasteiger partial charge in [0.15, 0.2) is 5.82 Å². The van der Waals surface area contributed by atoms with E-state index in [0.29, 0.717) is 18.8 Å². The van der Waals surface area contributed by atoms with Crippen LogP contribution in [0.3, 0.4) is 0 Å². The molecule has 3 aromatic rings. The Morgan fingerprint density at radius 3 is 2.95 bits per heavy atom. The molecule has 22 heavy (non-hydrogen) atoms. The molecular formula is C15H18N4OS2. The molecule has 0 atom stereocenters. The zero-order valence-corrected chi connectivity index (χ0v) is 14.4. The Hall–Kier alpha value is -1.70. The van der Waals surface area contributed by atoms with Crippen molar-refractivity contribution in [3.8, 4) is 0 Å². The van der Waals surface area contributed by atoms with Crippen LogP contribution >= 0.6 is 22.7 Å². The number of carbonyl (C=O) groups excluding carboxylic acids is 1. The number of aryl methyl sites for hydroxylation is 2. The van der Waals surface area contributed by atoms with Crippen molar-refractivity contribution in [2.75, 3.05) is 5.32 Å². The monoisotopic (exact) mass is 334 g/mol. The van der Waals surface area contributed by atoms with Crippen molar-refractivity contribution in [3.05, 3.63) is 33.1 Å². The lowest BCUT2D eigenvalue weighted by Crippen LogP contribution is -2.16. The van der Waals surface area contributed by atoms with Gasteiger partial charge in [0, 0.05) is 35.1 Å². The van der Waals surface area contributed by atoms with Crippen LogP contribution in [0.4, 0.5) is 5.82 Å². The predicted octanol–water partition coefficient (Wildman–Crippen LogP) is 2.95. The Morgan fingerprint density at radius 1 is 1.45 bits per heavy atom. The molecule has 0 bridgehead atoms. The van der Waals surface area contributed by atoms with Crippen LogP contribution < -0.4 is 11.1 Å². The van der Waals surface area contributed by atoms with Gasteiger partial charge in [-0.1, -0.05) is 0 Å². The number of anilines is 1. The van der Waals surface area contributed by atoms with E-state index in [1.54, 1.807) is 27.4 Å². The highest BCUT2D eigenvalue weighted by molar-refractivity contribution is 7.37. The standard InChI is InChI=1S/C15H18N4OS2/c1-8-4-11-10(7-21-15(11)22-8)5-13(20)17-14-12(6-16)9(2)19(3)18-14/h4,7H,5-6,16H2,1-3H3,(H,17,18,20). The molecule has 0 aliphatic heterocycles. The zero-order valence-electron chi connectivity index (χ0n) is 12.8. The molecule has 116 valence electrons. The predicted molar refractivity (Wildman–Crippen MR) is 92.6 cm³/mol. The lowest BCUT2D eigenvalue weighted by molar-refractivity contribution is -0.115. The van der Waals surface area contributed by atoms with Crippen molar-refractivity contribution in [2.45, 2.75) is 26.8 Å². The van der Waals surface area contributed by atoms with Gasteiger partial charge in [-0.3, -0.25) is 9.48 Å². The van der Waals surface area contributed by atoms with Crippen LogP contribution in [0.2, 0.25) is 0 Å². The van der Waals surface area contributed by atoms with Crippen molar-refractivity contribution in [1.29, 1.82) is 0 Å². The van der Waals surface area contributed by atoms with Crippen molar-refractivity contribution < 1.29 is 4.79 Å². The molecule has 0 spiro atoms. The summed E-state index contributed by atoms with van der Waals surface area (Å²) in [6, 6.07) is 2.15. The molecule has 0 aromatic carbocycles. The molecule has 5 nitrogen and oxygen atoms in total. The molecule has 0 aliphatic rings. The number of nitrogens with one attached hydrogen (secondary N) is 1. The number of nitrogens with zero attached hydrogens (tertiary/aromatic N) is 2. The Balaban J connectivity index is 1.79. The Bertz CT molecular complexity index is 843. The summed E-state index contributed by atoms with van der Waals surface area (Å²) in [6.07, 6.45) is 0.357. The molecule has 0 saturated carbocycles. The molecule has 0 saturated heterocycles. The first-order valence-corrected chi connectivity index (χ1v) is 8.68. The van der Waals surface area contributed by atoms with Gasteiger partial charge in [-0.15, -0.1) is 22.7 Å². The van der Waals surface area contributed by atoms with Crippen LogP contribution in [0.1, 0.15) is 21.7 Å². The Labute approximate surface area is 136 Å². The first kappa shape index (κ1) is 15.2. The van der Waals surface area contributed by atoms with E-state index in [4.69, 9.17) is 5.73 Å². The number of aromatic nitrogens is 2. The van der Waals surface area contributed by atoms with Crippen molar-refractivity contribution >= 4 is 43.8 Å². The van der Waals surface area contributed by atoms with Gasteiger partial charge in [-0.25, -0.2) is 0 Å². The summed E-state index contributed by atoms with van der Waals surface area (Å²) < 4.78 is 3.01.